The summed E-state index contributed by atoms with van der Waals surface area (Å²) in [5.74, 6) is -0.800. The lowest BCUT2D eigenvalue weighted by Crippen LogP contribution is -2.15. The van der Waals surface area contributed by atoms with Gasteiger partial charge in [-0.1, -0.05) is 24.3 Å². The van der Waals surface area contributed by atoms with Crippen molar-refractivity contribution in [1.29, 1.82) is 0 Å². The number of carbonyl (C=O) groups is 1. The second-order valence-electron chi connectivity index (χ2n) is 6.72. The zero-order valence-electron chi connectivity index (χ0n) is 15.5. The fraction of sp³-hybridized carbons (Fsp3) is 0.0455. The summed E-state index contributed by atoms with van der Waals surface area (Å²) in [6.07, 6.45) is 1.38. The molecule has 0 unspecified atom stereocenters. The minimum Gasteiger partial charge on any atom is -0.308 e. The molecule has 0 aliphatic heterocycles. The molecule has 0 bridgehead atoms. The van der Waals surface area contributed by atoms with Gasteiger partial charge in [0.15, 0.2) is 5.82 Å². The molecule has 0 atom stereocenters. The first-order valence-corrected chi connectivity index (χ1v) is 9.96. The molecule has 3 aromatic heterocycles. The molecule has 148 valence electrons. The first-order valence-electron chi connectivity index (χ1n) is 9.15. The molecular formula is C22H14F2N4OS. The number of hydrogen-bond acceptors (Lipinski definition) is 4. The molecule has 0 aliphatic carbocycles. The Labute approximate surface area is 173 Å². The Kier molecular flexibility index (Phi) is 4.48. The molecule has 2 aromatic carbocycles. The van der Waals surface area contributed by atoms with Crippen LogP contribution in [0.3, 0.4) is 0 Å². The highest BCUT2D eigenvalue weighted by molar-refractivity contribution is 7.21. The molecule has 0 fully saturated rings. The fourth-order valence-electron chi connectivity index (χ4n) is 3.25. The molecule has 0 spiro atoms. The van der Waals surface area contributed by atoms with Crippen LogP contribution in [0.25, 0.3) is 26.6 Å². The highest BCUT2D eigenvalue weighted by Crippen LogP contribution is 2.35. The number of benzene rings is 2. The minimum atomic E-state index is -0.425. The highest BCUT2D eigenvalue weighted by Gasteiger charge is 2.20. The summed E-state index contributed by atoms with van der Waals surface area (Å²) in [5, 5.41) is 3.42. The van der Waals surface area contributed by atoms with Crippen LogP contribution in [0.1, 0.15) is 5.56 Å². The van der Waals surface area contributed by atoms with Crippen molar-refractivity contribution in [1.82, 2.24) is 14.4 Å². The Hall–Kier alpha value is -3.65. The van der Waals surface area contributed by atoms with Crippen LogP contribution in [0, 0.1) is 11.6 Å². The van der Waals surface area contributed by atoms with Gasteiger partial charge in [-0.05, 0) is 42.0 Å². The lowest BCUT2D eigenvalue weighted by atomic mass is 10.1. The first kappa shape index (κ1) is 18.4. The monoisotopic (exact) mass is 420 g/mol. The SMILES string of the molecule is O=C(Cc1ccc(F)cc1)Nc1nc2ccc(F)cn2c1-c1nc2ccccc2s1. The van der Waals surface area contributed by atoms with Crippen LogP contribution < -0.4 is 5.32 Å². The molecular weight excluding hydrogens is 406 g/mol. The van der Waals surface area contributed by atoms with Gasteiger partial charge in [-0.3, -0.25) is 9.20 Å². The van der Waals surface area contributed by atoms with Crippen molar-refractivity contribution in [3.05, 3.63) is 84.1 Å². The minimum absolute atomic E-state index is 0.0573. The van der Waals surface area contributed by atoms with Gasteiger partial charge < -0.3 is 5.32 Å². The number of thiazole rings is 1. The number of para-hydroxylation sites is 1. The molecule has 30 heavy (non-hydrogen) atoms. The molecule has 0 saturated heterocycles. The smallest absolute Gasteiger partial charge is 0.230 e. The van der Waals surface area contributed by atoms with Crippen LogP contribution in [-0.4, -0.2) is 20.3 Å². The summed E-state index contributed by atoms with van der Waals surface area (Å²) < 4.78 is 29.6. The van der Waals surface area contributed by atoms with Gasteiger partial charge in [-0.2, -0.15) is 0 Å². The molecule has 1 N–H and O–H groups in total. The van der Waals surface area contributed by atoms with Gasteiger partial charge in [0.05, 0.1) is 16.6 Å². The molecule has 1 amide bonds. The second kappa shape index (κ2) is 7.31. The number of nitrogens with one attached hydrogen (secondary N) is 1. The van der Waals surface area contributed by atoms with Crippen LogP contribution in [-0.2, 0) is 11.2 Å². The van der Waals surface area contributed by atoms with Gasteiger partial charge in [-0.15, -0.1) is 11.3 Å². The zero-order valence-corrected chi connectivity index (χ0v) is 16.3. The standard InChI is InChI=1S/C22H14F2N4OS/c23-14-7-5-13(6-8-14)11-19(29)27-21-20(28-12-15(24)9-10-18(28)26-21)22-25-16-3-1-2-4-17(16)30-22/h1-10,12H,11H2,(H,27,29). The van der Waals surface area contributed by atoms with E-state index in [4.69, 9.17) is 0 Å². The molecule has 5 aromatic rings. The Morgan fingerprint density at radius 1 is 0.967 bits per heavy atom. The van der Waals surface area contributed by atoms with Crippen molar-refractivity contribution in [2.45, 2.75) is 6.42 Å². The first-order chi connectivity index (χ1) is 14.6. The van der Waals surface area contributed by atoms with Crippen LogP contribution in [0.4, 0.5) is 14.6 Å². The number of pyridine rings is 1. The topological polar surface area (TPSA) is 59.3 Å². The number of amides is 1. The molecule has 0 aliphatic rings. The van der Waals surface area contributed by atoms with Crippen molar-refractivity contribution < 1.29 is 13.6 Å². The van der Waals surface area contributed by atoms with Crippen molar-refractivity contribution in [3.63, 3.8) is 0 Å². The third kappa shape index (κ3) is 3.42. The van der Waals surface area contributed by atoms with Crippen LogP contribution in [0.15, 0.2) is 66.9 Å². The number of aromatic nitrogens is 3. The number of fused-ring (bicyclic) bond motifs is 2. The van der Waals surface area contributed by atoms with Gasteiger partial charge >= 0.3 is 0 Å². The maximum atomic E-state index is 13.9. The van der Waals surface area contributed by atoms with E-state index < -0.39 is 5.82 Å². The Morgan fingerprint density at radius 3 is 2.53 bits per heavy atom. The number of halogens is 2. The van der Waals surface area contributed by atoms with Crippen molar-refractivity contribution in [2.24, 2.45) is 0 Å². The van der Waals surface area contributed by atoms with E-state index in [1.54, 1.807) is 22.6 Å². The molecule has 3 heterocycles. The fourth-order valence-corrected chi connectivity index (χ4v) is 4.26. The summed E-state index contributed by atoms with van der Waals surface area (Å²) >= 11 is 1.44. The van der Waals surface area contributed by atoms with E-state index >= 15 is 0 Å². The highest BCUT2D eigenvalue weighted by atomic mass is 32.1. The molecule has 8 heteroatoms. The van der Waals surface area contributed by atoms with Crippen LogP contribution in [0.5, 0.6) is 0 Å². The van der Waals surface area contributed by atoms with Crippen LogP contribution >= 0.6 is 11.3 Å². The molecule has 0 radical (unpaired) electrons. The second-order valence-corrected chi connectivity index (χ2v) is 7.75. The Bertz CT molecular complexity index is 1360. The predicted octanol–water partition coefficient (Wildman–Crippen LogP) is 5.07. The van der Waals surface area contributed by atoms with E-state index in [0.717, 1.165) is 10.2 Å². The van der Waals surface area contributed by atoms with Gasteiger partial charge in [0.2, 0.25) is 5.91 Å². The average Bonchev–Trinajstić information content (AvgIpc) is 3.29. The summed E-state index contributed by atoms with van der Waals surface area (Å²) in [6, 6.07) is 16.3. The third-order valence-electron chi connectivity index (χ3n) is 4.61. The molecule has 5 nitrogen and oxygen atoms in total. The van der Waals surface area contributed by atoms with Crippen LogP contribution in [0.2, 0.25) is 0 Å². The molecule has 5 rings (SSSR count). The maximum Gasteiger partial charge on any atom is 0.230 e. The predicted molar refractivity (Wildman–Crippen MR) is 112 cm³/mol. The lowest BCUT2D eigenvalue weighted by molar-refractivity contribution is -0.115. The van der Waals surface area contributed by atoms with Crippen molar-refractivity contribution in [2.75, 3.05) is 5.32 Å². The molecule has 0 saturated carbocycles. The van der Waals surface area contributed by atoms with Crippen molar-refractivity contribution >= 4 is 38.9 Å². The number of nitrogens with zero attached hydrogens (tertiary/aromatic N) is 3. The number of hydrogen-bond donors (Lipinski definition) is 1. The average molecular weight is 420 g/mol. The summed E-state index contributed by atoms with van der Waals surface area (Å²) in [7, 11) is 0. The van der Waals surface area contributed by atoms with E-state index in [-0.39, 0.29) is 18.1 Å². The van der Waals surface area contributed by atoms with E-state index in [9.17, 15) is 13.6 Å². The van der Waals surface area contributed by atoms with Crippen molar-refractivity contribution in [3.8, 4) is 10.7 Å². The number of rotatable bonds is 4. The summed E-state index contributed by atoms with van der Waals surface area (Å²) in [6.45, 7) is 0. The largest absolute Gasteiger partial charge is 0.308 e. The van der Waals surface area contributed by atoms with Gasteiger partial charge in [0.1, 0.15) is 28.0 Å². The zero-order chi connectivity index (χ0) is 20.7. The third-order valence-corrected chi connectivity index (χ3v) is 5.66. The maximum absolute atomic E-state index is 13.9. The summed E-state index contributed by atoms with van der Waals surface area (Å²) in [4.78, 5) is 21.7. The Morgan fingerprint density at radius 2 is 1.73 bits per heavy atom. The number of carbonyl (C=O) groups excluding carboxylic acids is 1. The van der Waals surface area contributed by atoms with Gasteiger partial charge in [0, 0.05) is 6.20 Å². The summed E-state index contributed by atoms with van der Waals surface area (Å²) in [5.41, 5.74) is 2.48. The normalized spacial score (nSPS) is 11.3. The number of anilines is 1. The lowest BCUT2D eigenvalue weighted by Gasteiger charge is -2.05. The van der Waals surface area contributed by atoms with E-state index in [1.807, 2.05) is 24.3 Å². The Balaban J connectivity index is 1.56. The van der Waals surface area contributed by atoms with E-state index in [2.05, 4.69) is 15.3 Å². The van der Waals surface area contributed by atoms with Gasteiger partial charge in [0.25, 0.3) is 0 Å². The van der Waals surface area contributed by atoms with E-state index in [1.165, 1.54) is 35.7 Å². The van der Waals surface area contributed by atoms with Gasteiger partial charge in [-0.25, -0.2) is 18.7 Å². The number of imidazole rings is 1. The quantitative estimate of drug-likeness (QED) is 0.442. The van der Waals surface area contributed by atoms with E-state index in [0.29, 0.717) is 27.7 Å².